The van der Waals surface area contributed by atoms with Gasteiger partial charge in [-0.05, 0) is 24.3 Å². The van der Waals surface area contributed by atoms with Gasteiger partial charge in [-0.2, -0.15) is 0 Å². The molecule has 1 heterocycles. The first-order valence-corrected chi connectivity index (χ1v) is 8.35. The predicted octanol–water partition coefficient (Wildman–Crippen LogP) is 3.11. The van der Waals surface area contributed by atoms with Crippen molar-refractivity contribution in [1.29, 1.82) is 0 Å². The topological polar surface area (TPSA) is 79.9 Å². The molecule has 0 unspecified atom stereocenters. The highest BCUT2D eigenvalue weighted by Gasteiger charge is 2.08. The van der Waals surface area contributed by atoms with Crippen LogP contribution in [0.4, 0.5) is 5.69 Å². The fourth-order valence-electron chi connectivity index (χ4n) is 1.92. The Labute approximate surface area is 143 Å². The molecule has 3 aromatic rings. The maximum atomic E-state index is 11.9. The standard InChI is InChI=1S/C17H16N4O2S/c22-16(18-13-7-3-1-4-8-13)12-24-17-19-15(20-21-17)11-23-14-9-5-2-6-10-14/h1-10H,11-12H2,(H,18,22)(H,19,20,21). The zero-order valence-electron chi connectivity index (χ0n) is 12.8. The number of H-pyrrole nitrogens is 1. The number of para-hydroxylation sites is 2. The van der Waals surface area contributed by atoms with Crippen molar-refractivity contribution in [3.05, 3.63) is 66.5 Å². The molecule has 0 spiro atoms. The average molecular weight is 340 g/mol. The minimum atomic E-state index is -0.0990. The van der Waals surface area contributed by atoms with E-state index in [4.69, 9.17) is 4.74 Å². The highest BCUT2D eigenvalue weighted by atomic mass is 32.2. The normalized spacial score (nSPS) is 10.3. The molecule has 0 aliphatic rings. The van der Waals surface area contributed by atoms with E-state index >= 15 is 0 Å². The highest BCUT2D eigenvalue weighted by Crippen LogP contribution is 2.15. The van der Waals surface area contributed by atoms with Crippen molar-refractivity contribution >= 4 is 23.4 Å². The van der Waals surface area contributed by atoms with E-state index in [1.54, 1.807) is 0 Å². The lowest BCUT2D eigenvalue weighted by Crippen LogP contribution is -2.13. The van der Waals surface area contributed by atoms with E-state index < -0.39 is 0 Å². The summed E-state index contributed by atoms with van der Waals surface area (Å²) in [6.07, 6.45) is 0. The summed E-state index contributed by atoms with van der Waals surface area (Å²) in [5.74, 6) is 1.53. The number of hydrogen-bond donors (Lipinski definition) is 2. The summed E-state index contributed by atoms with van der Waals surface area (Å²) in [6, 6.07) is 18.8. The molecule has 3 rings (SSSR count). The Hall–Kier alpha value is -2.80. The Morgan fingerprint density at radius 3 is 2.54 bits per heavy atom. The van der Waals surface area contributed by atoms with Crippen molar-refractivity contribution in [2.24, 2.45) is 0 Å². The number of nitrogens with one attached hydrogen (secondary N) is 2. The van der Waals surface area contributed by atoms with Gasteiger partial charge in [-0.1, -0.05) is 48.2 Å². The van der Waals surface area contributed by atoms with E-state index in [-0.39, 0.29) is 11.7 Å². The minimum absolute atomic E-state index is 0.0990. The van der Waals surface area contributed by atoms with Crippen LogP contribution in [0.25, 0.3) is 0 Å². The molecule has 0 bridgehead atoms. The number of ether oxygens (including phenoxy) is 1. The maximum Gasteiger partial charge on any atom is 0.234 e. The second-order valence-electron chi connectivity index (χ2n) is 4.87. The Bertz CT molecular complexity index is 778. The van der Waals surface area contributed by atoms with Crippen LogP contribution in [0.1, 0.15) is 5.82 Å². The van der Waals surface area contributed by atoms with Crippen LogP contribution >= 0.6 is 11.8 Å². The number of benzene rings is 2. The third kappa shape index (κ3) is 4.85. The van der Waals surface area contributed by atoms with Crippen molar-refractivity contribution < 1.29 is 9.53 Å². The van der Waals surface area contributed by atoms with E-state index in [2.05, 4.69) is 20.5 Å². The zero-order valence-corrected chi connectivity index (χ0v) is 13.6. The molecule has 2 N–H and O–H groups in total. The van der Waals surface area contributed by atoms with Crippen molar-refractivity contribution in [3.8, 4) is 5.75 Å². The quantitative estimate of drug-likeness (QED) is 0.646. The lowest BCUT2D eigenvalue weighted by molar-refractivity contribution is -0.113. The number of carbonyl (C=O) groups is 1. The van der Waals surface area contributed by atoms with E-state index in [1.807, 2.05) is 60.7 Å². The third-order valence-electron chi connectivity index (χ3n) is 3.02. The van der Waals surface area contributed by atoms with Crippen molar-refractivity contribution in [2.45, 2.75) is 11.8 Å². The Morgan fingerprint density at radius 1 is 1.08 bits per heavy atom. The van der Waals surface area contributed by atoms with Gasteiger partial charge in [0.15, 0.2) is 5.82 Å². The SMILES string of the molecule is O=C(CSc1n[nH]c(COc2ccccc2)n1)Nc1ccccc1. The van der Waals surface area contributed by atoms with Crippen LogP contribution in [0.2, 0.25) is 0 Å². The van der Waals surface area contributed by atoms with Crippen LogP contribution < -0.4 is 10.1 Å². The van der Waals surface area contributed by atoms with Crippen LogP contribution in [0.3, 0.4) is 0 Å². The van der Waals surface area contributed by atoms with Crippen LogP contribution in [-0.4, -0.2) is 26.8 Å². The Morgan fingerprint density at radius 2 is 1.79 bits per heavy atom. The molecule has 0 radical (unpaired) electrons. The Balaban J connectivity index is 1.45. The van der Waals surface area contributed by atoms with Gasteiger partial charge in [-0.3, -0.25) is 9.89 Å². The molecule has 7 heteroatoms. The molecule has 122 valence electrons. The summed E-state index contributed by atoms with van der Waals surface area (Å²) < 4.78 is 5.59. The number of aromatic amines is 1. The number of hydrogen-bond acceptors (Lipinski definition) is 5. The van der Waals surface area contributed by atoms with Crippen molar-refractivity contribution in [3.63, 3.8) is 0 Å². The van der Waals surface area contributed by atoms with E-state index in [0.29, 0.717) is 17.6 Å². The van der Waals surface area contributed by atoms with Crippen LogP contribution in [0, 0.1) is 0 Å². The van der Waals surface area contributed by atoms with Gasteiger partial charge in [-0.25, -0.2) is 4.98 Å². The molecule has 24 heavy (non-hydrogen) atoms. The number of anilines is 1. The molecule has 0 saturated heterocycles. The lowest BCUT2D eigenvalue weighted by Gasteiger charge is -2.03. The molecule has 1 aromatic heterocycles. The monoisotopic (exact) mass is 340 g/mol. The largest absolute Gasteiger partial charge is 0.486 e. The fourth-order valence-corrected chi connectivity index (χ4v) is 2.54. The Kier molecular flexibility index (Phi) is 5.47. The van der Waals surface area contributed by atoms with Gasteiger partial charge in [0.05, 0.1) is 5.75 Å². The van der Waals surface area contributed by atoms with Gasteiger partial charge in [0.2, 0.25) is 11.1 Å². The molecule has 0 aliphatic heterocycles. The maximum absolute atomic E-state index is 11.9. The lowest BCUT2D eigenvalue weighted by atomic mass is 10.3. The summed E-state index contributed by atoms with van der Waals surface area (Å²) in [4.78, 5) is 16.2. The molecule has 2 aromatic carbocycles. The van der Waals surface area contributed by atoms with Gasteiger partial charge in [0.1, 0.15) is 12.4 Å². The number of amides is 1. The van der Waals surface area contributed by atoms with Crippen LogP contribution in [0.15, 0.2) is 65.8 Å². The molecule has 0 aliphatic carbocycles. The van der Waals surface area contributed by atoms with E-state index in [1.165, 1.54) is 11.8 Å². The summed E-state index contributed by atoms with van der Waals surface area (Å²) in [7, 11) is 0. The molecule has 1 amide bonds. The first-order valence-electron chi connectivity index (χ1n) is 7.36. The molecular weight excluding hydrogens is 324 g/mol. The van der Waals surface area contributed by atoms with Crippen molar-refractivity contribution in [2.75, 3.05) is 11.1 Å². The summed E-state index contributed by atoms with van der Waals surface area (Å²) in [5.41, 5.74) is 0.773. The predicted molar refractivity (Wildman–Crippen MR) is 93.0 cm³/mol. The molecule has 0 fully saturated rings. The second kappa shape index (κ2) is 8.16. The minimum Gasteiger partial charge on any atom is -0.486 e. The third-order valence-corrected chi connectivity index (χ3v) is 3.87. The molecule has 0 atom stereocenters. The summed E-state index contributed by atoms with van der Waals surface area (Å²) >= 11 is 1.27. The second-order valence-corrected chi connectivity index (χ2v) is 5.81. The summed E-state index contributed by atoms with van der Waals surface area (Å²) in [5, 5.41) is 10.2. The van der Waals surface area contributed by atoms with E-state index in [0.717, 1.165) is 11.4 Å². The van der Waals surface area contributed by atoms with Crippen molar-refractivity contribution in [1.82, 2.24) is 15.2 Å². The number of carbonyl (C=O) groups excluding carboxylic acids is 1. The molecule has 0 saturated carbocycles. The van der Waals surface area contributed by atoms with E-state index in [9.17, 15) is 4.79 Å². The molecule has 6 nitrogen and oxygen atoms in total. The average Bonchev–Trinajstić information content (AvgIpc) is 3.08. The van der Waals surface area contributed by atoms with Crippen LogP contribution in [0.5, 0.6) is 5.75 Å². The van der Waals surface area contributed by atoms with Gasteiger partial charge in [0, 0.05) is 5.69 Å². The summed E-state index contributed by atoms with van der Waals surface area (Å²) in [6.45, 7) is 0.299. The zero-order chi connectivity index (χ0) is 16.6. The fraction of sp³-hybridized carbons (Fsp3) is 0.118. The smallest absolute Gasteiger partial charge is 0.234 e. The first kappa shape index (κ1) is 16.1. The molecular formula is C17H16N4O2S. The van der Waals surface area contributed by atoms with Crippen LogP contribution in [-0.2, 0) is 11.4 Å². The van der Waals surface area contributed by atoms with Gasteiger partial charge < -0.3 is 10.1 Å². The first-order chi connectivity index (χ1) is 11.8. The number of thioether (sulfide) groups is 1. The number of rotatable bonds is 7. The highest BCUT2D eigenvalue weighted by molar-refractivity contribution is 7.99. The van der Waals surface area contributed by atoms with Gasteiger partial charge >= 0.3 is 0 Å². The number of aromatic nitrogens is 3. The van der Waals surface area contributed by atoms with Gasteiger partial charge in [0.25, 0.3) is 0 Å². The number of nitrogens with zero attached hydrogens (tertiary/aromatic N) is 2. The van der Waals surface area contributed by atoms with Gasteiger partial charge in [-0.15, -0.1) is 5.10 Å².